The average Bonchev–Trinajstić information content (AvgIpc) is 2.97. The third-order valence-electron chi connectivity index (χ3n) is 3.55. The number of thioether (sulfide) groups is 1. The van der Waals surface area contributed by atoms with Gasteiger partial charge >= 0.3 is 0 Å². The zero-order valence-corrected chi connectivity index (χ0v) is 10.4. The van der Waals surface area contributed by atoms with Gasteiger partial charge in [0.15, 0.2) is 0 Å². The second-order valence-corrected chi connectivity index (χ2v) is 5.57. The molecule has 1 aromatic rings. The summed E-state index contributed by atoms with van der Waals surface area (Å²) in [7, 11) is 1.96. The van der Waals surface area contributed by atoms with Crippen molar-refractivity contribution in [3.05, 3.63) is 17.1 Å². The summed E-state index contributed by atoms with van der Waals surface area (Å²) in [5.41, 5.74) is 2.60. The van der Waals surface area contributed by atoms with Crippen molar-refractivity contribution in [1.29, 1.82) is 0 Å². The van der Waals surface area contributed by atoms with E-state index in [4.69, 9.17) is 9.97 Å². The predicted octanol–water partition coefficient (Wildman–Crippen LogP) is 2.92. The van der Waals surface area contributed by atoms with Gasteiger partial charge in [-0.05, 0) is 12.8 Å². The zero-order valence-electron chi connectivity index (χ0n) is 9.62. The number of hydrogen-bond donors (Lipinski definition) is 1. The largest absolute Gasteiger partial charge is 0.373 e. The first-order chi connectivity index (χ1) is 7.88. The Kier molecular flexibility index (Phi) is 2.75. The van der Waals surface area contributed by atoms with Crippen LogP contribution in [-0.2, 0) is 11.5 Å². The van der Waals surface area contributed by atoms with Crippen LogP contribution < -0.4 is 5.32 Å². The van der Waals surface area contributed by atoms with Crippen LogP contribution in [0.2, 0.25) is 0 Å². The number of fused-ring (bicyclic) bond motifs is 1. The summed E-state index contributed by atoms with van der Waals surface area (Å²) in [6, 6.07) is 0. The van der Waals surface area contributed by atoms with Crippen molar-refractivity contribution < 1.29 is 0 Å². The van der Waals surface area contributed by atoms with Gasteiger partial charge in [0.25, 0.3) is 0 Å². The van der Waals surface area contributed by atoms with Gasteiger partial charge in [-0.1, -0.05) is 12.8 Å². The van der Waals surface area contributed by atoms with Gasteiger partial charge in [-0.3, -0.25) is 0 Å². The Bertz CT molecular complexity index is 399. The molecule has 2 heterocycles. The predicted molar refractivity (Wildman–Crippen MR) is 67.8 cm³/mol. The zero-order chi connectivity index (χ0) is 11.0. The minimum atomic E-state index is 0.614. The Balaban J connectivity index is 2.00. The first-order valence-corrected chi connectivity index (χ1v) is 7.19. The Morgan fingerprint density at radius 3 is 2.75 bits per heavy atom. The minimum Gasteiger partial charge on any atom is -0.373 e. The monoisotopic (exact) mass is 235 g/mol. The van der Waals surface area contributed by atoms with E-state index in [-0.39, 0.29) is 0 Å². The van der Waals surface area contributed by atoms with Crippen molar-refractivity contribution in [2.75, 3.05) is 12.4 Å². The molecule has 1 aliphatic heterocycles. The fraction of sp³-hybridized carbons (Fsp3) is 0.667. The number of nitrogens with zero attached hydrogens (tertiary/aromatic N) is 2. The number of hydrogen-bond acceptors (Lipinski definition) is 4. The number of rotatable bonds is 2. The van der Waals surface area contributed by atoms with Crippen LogP contribution >= 0.6 is 11.8 Å². The van der Waals surface area contributed by atoms with E-state index >= 15 is 0 Å². The summed E-state index contributed by atoms with van der Waals surface area (Å²) < 4.78 is 0. The van der Waals surface area contributed by atoms with E-state index in [0.29, 0.717) is 5.92 Å². The molecule has 0 radical (unpaired) electrons. The molecule has 0 spiro atoms. The lowest BCUT2D eigenvalue weighted by Gasteiger charge is -2.12. The Morgan fingerprint density at radius 1 is 1.19 bits per heavy atom. The molecule has 1 aliphatic carbocycles. The van der Waals surface area contributed by atoms with Gasteiger partial charge in [0.1, 0.15) is 11.6 Å². The highest BCUT2D eigenvalue weighted by Gasteiger charge is 2.24. The smallest absolute Gasteiger partial charge is 0.134 e. The molecule has 2 aliphatic rings. The van der Waals surface area contributed by atoms with Crippen LogP contribution in [0.3, 0.4) is 0 Å². The normalized spacial score (nSPS) is 20.1. The van der Waals surface area contributed by atoms with Crippen LogP contribution in [0.4, 0.5) is 5.82 Å². The molecule has 4 heteroatoms. The van der Waals surface area contributed by atoms with E-state index < -0.39 is 0 Å². The quantitative estimate of drug-likeness (QED) is 0.855. The van der Waals surface area contributed by atoms with Gasteiger partial charge in [0.2, 0.25) is 0 Å². The van der Waals surface area contributed by atoms with Crippen LogP contribution in [0.15, 0.2) is 0 Å². The van der Waals surface area contributed by atoms with Crippen LogP contribution in [0.5, 0.6) is 0 Å². The maximum absolute atomic E-state index is 4.77. The fourth-order valence-electron chi connectivity index (χ4n) is 2.64. The minimum absolute atomic E-state index is 0.614. The molecule has 0 atom stereocenters. The number of anilines is 1. The van der Waals surface area contributed by atoms with E-state index in [0.717, 1.165) is 23.1 Å². The van der Waals surface area contributed by atoms with Crippen molar-refractivity contribution >= 4 is 17.6 Å². The molecule has 0 unspecified atom stereocenters. The summed E-state index contributed by atoms with van der Waals surface area (Å²) in [6.45, 7) is 0. The molecule has 3 nitrogen and oxygen atoms in total. The molecule has 16 heavy (non-hydrogen) atoms. The van der Waals surface area contributed by atoms with E-state index in [1.807, 2.05) is 18.8 Å². The molecule has 1 fully saturated rings. The first kappa shape index (κ1) is 10.4. The van der Waals surface area contributed by atoms with Gasteiger partial charge in [0.05, 0.1) is 5.69 Å². The fourth-order valence-corrected chi connectivity index (χ4v) is 3.69. The molecule has 1 N–H and O–H groups in total. The second-order valence-electron chi connectivity index (χ2n) is 4.58. The van der Waals surface area contributed by atoms with Gasteiger partial charge in [-0.15, -0.1) is 0 Å². The molecular formula is C12H17N3S. The summed E-state index contributed by atoms with van der Waals surface area (Å²) in [5, 5.41) is 3.23. The highest BCUT2D eigenvalue weighted by molar-refractivity contribution is 7.98. The van der Waals surface area contributed by atoms with Gasteiger partial charge in [-0.25, -0.2) is 9.97 Å². The summed E-state index contributed by atoms with van der Waals surface area (Å²) >= 11 is 1.94. The molecule has 0 amide bonds. The molecule has 0 saturated heterocycles. The highest BCUT2D eigenvalue weighted by Crippen LogP contribution is 2.37. The summed E-state index contributed by atoms with van der Waals surface area (Å²) in [6.07, 6.45) is 5.23. The number of nitrogens with one attached hydrogen (secondary N) is 1. The van der Waals surface area contributed by atoms with Crippen LogP contribution in [0.25, 0.3) is 0 Å². The molecule has 86 valence electrons. The van der Waals surface area contributed by atoms with Crippen molar-refractivity contribution in [3.8, 4) is 0 Å². The Labute approximate surface area is 100 Å². The Hall–Kier alpha value is -0.770. The van der Waals surface area contributed by atoms with Crippen molar-refractivity contribution in [2.24, 2.45) is 0 Å². The van der Waals surface area contributed by atoms with Gasteiger partial charge in [-0.2, -0.15) is 11.8 Å². The molecule has 1 aromatic heterocycles. The molecule has 0 bridgehead atoms. The molecular weight excluding hydrogens is 218 g/mol. The standard InChI is InChI=1S/C12H17N3S/c1-13-12-9-6-16-7-10(9)14-11(15-12)8-4-2-3-5-8/h8H,2-7H2,1H3,(H,13,14,15). The lowest BCUT2D eigenvalue weighted by atomic mass is 10.1. The van der Waals surface area contributed by atoms with Crippen LogP contribution in [0, 0.1) is 0 Å². The summed E-state index contributed by atoms with van der Waals surface area (Å²) in [4.78, 5) is 9.48. The van der Waals surface area contributed by atoms with Gasteiger partial charge in [0, 0.05) is 30.0 Å². The van der Waals surface area contributed by atoms with Crippen LogP contribution in [-0.4, -0.2) is 17.0 Å². The maximum atomic E-state index is 4.77. The topological polar surface area (TPSA) is 37.8 Å². The molecule has 3 rings (SSSR count). The maximum Gasteiger partial charge on any atom is 0.134 e. The van der Waals surface area contributed by atoms with Crippen LogP contribution in [0.1, 0.15) is 48.7 Å². The SMILES string of the molecule is CNc1nc(C2CCCC2)nc2c1CSC2. The molecule has 1 saturated carbocycles. The van der Waals surface area contributed by atoms with E-state index in [2.05, 4.69) is 5.32 Å². The van der Waals surface area contributed by atoms with E-state index in [9.17, 15) is 0 Å². The Morgan fingerprint density at radius 2 is 2.00 bits per heavy atom. The van der Waals surface area contributed by atoms with Crippen molar-refractivity contribution in [3.63, 3.8) is 0 Å². The number of aromatic nitrogens is 2. The summed E-state index contributed by atoms with van der Waals surface area (Å²) in [5.74, 6) is 4.89. The molecule has 0 aromatic carbocycles. The lowest BCUT2D eigenvalue weighted by Crippen LogP contribution is -2.08. The van der Waals surface area contributed by atoms with E-state index in [1.165, 1.54) is 36.9 Å². The highest BCUT2D eigenvalue weighted by atomic mass is 32.2. The lowest BCUT2D eigenvalue weighted by molar-refractivity contribution is 0.663. The second kappa shape index (κ2) is 4.24. The van der Waals surface area contributed by atoms with E-state index in [1.54, 1.807) is 0 Å². The average molecular weight is 235 g/mol. The first-order valence-electron chi connectivity index (χ1n) is 6.03. The van der Waals surface area contributed by atoms with Crippen molar-refractivity contribution in [1.82, 2.24) is 9.97 Å². The third-order valence-corrected chi connectivity index (χ3v) is 4.52. The van der Waals surface area contributed by atoms with Gasteiger partial charge < -0.3 is 5.32 Å². The third kappa shape index (κ3) is 1.69. The van der Waals surface area contributed by atoms with Crippen molar-refractivity contribution in [2.45, 2.75) is 43.1 Å².